The zero-order chi connectivity index (χ0) is 27.9. The third kappa shape index (κ3) is 6.74. The van der Waals surface area contributed by atoms with Crippen molar-refractivity contribution in [1.82, 2.24) is 15.5 Å². The average molecular weight is 535 g/mol. The summed E-state index contributed by atoms with van der Waals surface area (Å²) in [7, 11) is 1.19. The van der Waals surface area contributed by atoms with Crippen molar-refractivity contribution in [2.45, 2.75) is 13.1 Å². The maximum absolute atomic E-state index is 13.1. The highest BCUT2D eigenvalue weighted by Gasteiger charge is 2.36. The second-order valence-electron chi connectivity index (χ2n) is 8.23. The van der Waals surface area contributed by atoms with Gasteiger partial charge in [0.05, 0.1) is 19.2 Å². The van der Waals surface area contributed by atoms with E-state index in [0.717, 1.165) is 5.56 Å². The number of nitrogens with one attached hydrogen (secondary N) is 2. The van der Waals surface area contributed by atoms with E-state index in [1.54, 1.807) is 24.3 Å². The van der Waals surface area contributed by atoms with Gasteiger partial charge in [0.2, 0.25) is 0 Å². The van der Waals surface area contributed by atoms with Gasteiger partial charge in [-0.25, -0.2) is 14.0 Å². The first-order valence-corrected chi connectivity index (χ1v) is 11.5. The fourth-order valence-electron chi connectivity index (χ4n) is 3.53. The molecule has 11 nitrogen and oxygen atoms in total. The third-order valence-electron chi connectivity index (χ3n) is 5.53. The van der Waals surface area contributed by atoms with E-state index in [4.69, 9.17) is 9.47 Å². The minimum Gasteiger partial charge on any atom is -0.481 e. The van der Waals surface area contributed by atoms with Crippen LogP contribution in [-0.2, 0) is 32.2 Å². The van der Waals surface area contributed by atoms with Gasteiger partial charge in [-0.2, -0.15) is 0 Å². The minimum absolute atomic E-state index is 0.0334. The number of hydrogen-bond acceptors (Lipinski definition) is 8. The van der Waals surface area contributed by atoms with Crippen LogP contribution in [0.4, 0.5) is 9.18 Å². The number of halogens is 1. The Kier molecular flexibility index (Phi) is 8.15. The van der Waals surface area contributed by atoms with E-state index in [9.17, 15) is 28.4 Å². The summed E-state index contributed by atoms with van der Waals surface area (Å²) in [5.74, 6) is -2.59. The molecule has 0 radical (unpaired) electrons. The van der Waals surface area contributed by atoms with Crippen molar-refractivity contribution >= 4 is 29.7 Å². The average Bonchev–Trinajstić information content (AvgIpc) is 3.18. The summed E-state index contributed by atoms with van der Waals surface area (Å²) in [6.45, 7) is -0.589. The van der Waals surface area contributed by atoms with Crippen LogP contribution in [-0.4, -0.2) is 48.3 Å². The van der Waals surface area contributed by atoms with Crippen LogP contribution in [0.1, 0.15) is 21.5 Å². The molecule has 0 unspecified atom stereocenters. The Hall–Kier alpha value is -5.26. The van der Waals surface area contributed by atoms with Gasteiger partial charge in [-0.15, -0.1) is 0 Å². The molecule has 2 N–H and O–H groups in total. The first-order valence-electron chi connectivity index (χ1n) is 11.5. The summed E-state index contributed by atoms with van der Waals surface area (Å²) in [6, 6.07) is 15.9. The maximum Gasteiger partial charge on any atom is 0.343 e. The molecule has 0 aromatic heterocycles. The minimum atomic E-state index is -1.04. The number of carbonyl (C=O) groups is 5. The molecule has 12 heteroatoms. The number of esters is 1. The van der Waals surface area contributed by atoms with Gasteiger partial charge in [-0.1, -0.05) is 18.2 Å². The highest BCUT2D eigenvalue weighted by molar-refractivity contribution is 6.44. The second kappa shape index (κ2) is 11.9. The Balaban J connectivity index is 1.45. The summed E-state index contributed by atoms with van der Waals surface area (Å²) in [5.41, 5.74) is 1.14. The number of ether oxygens (including phenoxy) is 3. The number of hydrogen-bond donors (Lipinski definition) is 2. The molecule has 0 atom stereocenters. The number of benzene rings is 3. The smallest absolute Gasteiger partial charge is 0.343 e. The van der Waals surface area contributed by atoms with E-state index in [0.29, 0.717) is 22.0 Å². The van der Waals surface area contributed by atoms with Gasteiger partial charge in [-0.05, 0) is 59.7 Å². The molecule has 3 aromatic rings. The molecule has 3 aromatic carbocycles. The molecule has 1 saturated heterocycles. The number of nitrogens with zero attached hydrogens (tertiary/aromatic N) is 1. The lowest BCUT2D eigenvalue weighted by Gasteiger charge is -2.15. The predicted octanol–water partition coefficient (Wildman–Crippen LogP) is 2.68. The lowest BCUT2D eigenvalue weighted by atomic mass is 10.1. The predicted molar refractivity (Wildman–Crippen MR) is 132 cm³/mol. The number of urea groups is 1. The summed E-state index contributed by atoms with van der Waals surface area (Å²) in [6.07, 6.45) is 0. The zero-order valence-electron chi connectivity index (χ0n) is 20.6. The van der Waals surface area contributed by atoms with E-state index in [1.165, 1.54) is 49.6 Å². The molecule has 1 fully saturated rings. The molecule has 0 bridgehead atoms. The topological polar surface area (TPSA) is 140 Å². The van der Waals surface area contributed by atoms with E-state index in [2.05, 4.69) is 10.1 Å². The van der Waals surface area contributed by atoms with E-state index in [1.807, 2.05) is 5.32 Å². The molecule has 0 saturated carbocycles. The normalized spacial score (nSPS) is 12.7. The molecule has 1 aliphatic heterocycles. The van der Waals surface area contributed by atoms with Gasteiger partial charge in [0.15, 0.2) is 6.61 Å². The Morgan fingerprint density at radius 1 is 0.923 bits per heavy atom. The summed E-state index contributed by atoms with van der Waals surface area (Å²) >= 11 is 0. The van der Waals surface area contributed by atoms with Gasteiger partial charge < -0.3 is 19.5 Å². The molecule has 0 spiro atoms. The SMILES string of the molecule is COC(=O)COc1ccc(CN2C(=O)NC(=O)C2=O)cc1C(=O)NCc1ccc(Oc2ccc(F)cc2)cc1. The van der Waals surface area contributed by atoms with Crippen LogP contribution in [0.5, 0.6) is 17.2 Å². The van der Waals surface area contributed by atoms with Crippen molar-refractivity contribution in [3.8, 4) is 17.2 Å². The van der Waals surface area contributed by atoms with Crippen molar-refractivity contribution in [3.63, 3.8) is 0 Å². The Labute approximate surface area is 221 Å². The first kappa shape index (κ1) is 26.8. The van der Waals surface area contributed by atoms with Gasteiger partial charge in [0, 0.05) is 6.54 Å². The number of carbonyl (C=O) groups excluding carboxylic acids is 5. The van der Waals surface area contributed by atoms with Crippen molar-refractivity contribution in [2.24, 2.45) is 0 Å². The molecule has 1 aliphatic rings. The van der Waals surface area contributed by atoms with Crippen LogP contribution in [0, 0.1) is 5.82 Å². The number of rotatable bonds is 10. The van der Waals surface area contributed by atoms with E-state index < -0.39 is 36.3 Å². The second-order valence-corrected chi connectivity index (χ2v) is 8.23. The number of amides is 5. The van der Waals surface area contributed by atoms with Crippen LogP contribution >= 0.6 is 0 Å². The quantitative estimate of drug-likeness (QED) is 0.229. The maximum atomic E-state index is 13.1. The summed E-state index contributed by atoms with van der Waals surface area (Å²) < 4.78 is 28.7. The summed E-state index contributed by atoms with van der Waals surface area (Å²) in [5, 5.41) is 4.65. The highest BCUT2D eigenvalue weighted by atomic mass is 19.1. The Morgan fingerprint density at radius 2 is 1.56 bits per heavy atom. The monoisotopic (exact) mass is 535 g/mol. The molecule has 1 heterocycles. The van der Waals surface area contributed by atoms with Crippen LogP contribution < -0.4 is 20.1 Å². The van der Waals surface area contributed by atoms with Crippen LogP contribution in [0.15, 0.2) is 66.7 Å². The van der Waals surface area contributed by atoms with Crippen molar-refractivity contribution in [3.05, 3.63) is 89.2 Å². The van der Waals surface area contributed by atoms with Gasteiger partial charge in [-0.3, -0.25) is 24.6 Å². The van der Waals surface area contributed by atoms with Crippen molar-refractivity contribution < 1.29 is 42.6 Å². The molecule has 0 aliphatic carbocycles. The lowest BCUT2D eigenvalue weighted by Crippen LogP contribution is -2.30. The zero-order valence-corrected chi connectivity index (χ0v) is 20.6. The molecular weight excluding hydrogens is 513 g/mol. The highest BCUT2D eigenvalue weighted by Crippen LogP contribution is 2.24. The first-order chi connectivity index (χ1) is 18.7. The van der Waals surface area contributed by atoms with Gasteiger partial charge in [0.25, 0.3) is 5.91 Å². The molecule has 200 valence electrons. The fraction of sp³-hybridized carbons (Fsp3) is 0.148. The van der Waals surface area contributed by atoms with Crippen LogP contribution in [0.2, 0.25) is 0 Å². The largest absolute Gasteiger partial charge is 0.481 e. The van der Waals surface area contributed by atoms with Gasteiger partial charge in [0.1, 0.15) is 23.1 Å². The van der Waals surface area contributed by atoms with E-state index in [-0.39, 0.29) is 30.2 Å². The lowest BCUT2D eigenvalue weighted by molar-refractivity contribution is -0.142. The van der Waals surface area contributed by atoms with Crippen LogP contribution in [0.3, 0.4) is 0 Å². The molecule has 4 rings (SSSR count). The standard InChI is InChI=1S/C27H22FN3O8/c1-37-23(32)15-38-22-11-4-17(14-31-26(35)25(34)30-27(31)36)12-21(22)24(33)29-13-16-2-7-19(8-3-16)39-20-9-5-18(28)6-10-20/h2-12H,13-15H2,1H3,(H,29,33)(H,30,34,36). The van der Waals surface area contributed by atoms with E-state index >= 15 is 0 Å². The summed E-state index contributed by atoms with van der Waals surface area (Å²) in [4.78, 5) is 60.6. The third-order valence-corrected chi connectivity index (χ3v) is 5.53. The van der Waals surface area contributed by atoms with Crippen molar-refractivity contribution in [2.75, 3.05) is 13.7 Å². The van der Waals surface area contributed by atoms with Gasteiger partial charge >= 0.3 is 23.8 Å². The number of methoxy groups -OCH3 is 1. The molecule has 39 heavy (non-hydrogen) atoms. The Bertz CT molecular complexity index is 1420. The van der Waals surface area contributed by atoms with Crippen molar-refractivity contribution in [1.29, 1.82) is 0 Å². The van der Waals surface area contributed by atoms with Crippen LogP contribution in [0.25, 0.3) is 0 Å². The number of imide groups is 2. The molecular formula is C27H22FN3O8. The molecule has 5 amide bonds. The fourth-order valence-corrected chi connectivity index (χ4v) is 3.53. The Morgan fingerprint density at radius 3 is 2.18 bits per heavy atom.